The summed E-state index contributed by atoms with van der Waals surface area (Å²) in [4.78, 5) is 14.1. The molecule has 118 valence electrons. The molecule has 0 amide bonds. The second-order valence-corrected chi connectivity index (χ2v) is 6.47. The third-order valence-electron chi connectivity index (χ3n) is 4.53. The number of carbonyl (C=O) groups excluding carboxylic acids is 1. The lowest BCUT2D eigenvalue weighted by atomic mass is 9.87. The van der Waals surface area contributed by atoms with Gasteiger partial charge >= 0.3 is 5.97 Å². The van der Waals surface area contributed by atoms with Gasteiger partial charge < -0.3 is 15.0 Å². The molecule has 0 spiro atoms. The third-order valence-corrected chi connectivity index (χ3v) is 4.53. The van der Waals surface area contributed by atoms with Gasteiger partial charge in [-0.2, -0.15) is 0 Å². The summed E-state index contributed by atoms with van der Waals surface area (Å²) in [6, 6.07) is 0. The minimum atomic E-state index is -0.0205. The molecule has 1 unspecified atom stereocenters. The highest BCUT2D eigenvalue weighted by Crippen LogP contribution is 2.28. The number of likely N-dealkylation sites (tertiary alicyclic amines) is 1. The first-order chi connectivity index (χ1) is 9.11. The van der Waals surface area contributed by atoms with E-state index in [1.165, 1.54) is 13.0 Å². The number of ether oxygens (including phenoxy) is 1. The van der Waals surface area contributed by atoms with Gasteiger partial charge in [0.25, 0.3) is 0 Å². The molecule has 1 atom stereocenters. The first-order valence-corrected chi connectivity index (χ1v) is 7.70. The average Bonchev–Trinajstić information content (AvgIpc) is 2.79. The number of nitrogens with one attached hydrogen (secondary N) is 1. The maximum atomic E-state index is 11.5. The Morgan fingerprint density at radius 1 is 1.40 bits per heavy atom. The van der Waals surface area contributed by atoms with E-state index in [9.17, 15) is 4.79 Å². The van der Waals surface area contributed by atoms with Gasteiger partial charge in [-0.3, -0.25) is 4.79 Å². The summed E-state index contributed by atoms with van der Waals surface area (Å²) >= 11 is 0. The number of hydrogen-bond donors (Lipinski definition) is 1. The second-order valence-electron chi connectivity index (χ2n) is 6.47. The second kappa shape index (κ2) is 8.20. The lowest BCUT2D eigenvalue weighted by Gasteiger charge is -2.36. The number of halogens is 1. The van der Waals surface area contributed by atoms with Crippen molar-refractivity contribution >= 4 is 18.4 Å². The largest absolute Gasteiger partial charge is 0.466 e. The minimum absolute atomic E-state index is 0. The van der Waals surface area contributed by atoms with Crippen molar-refractivity contribution in [2.24, 2.45) is 11.3 Å². The monoisotopic (exact) mass is 304 g/mol. The predicted octanol–water partition coefficient (Wildman–Crippen LogP) is 2.07. The Kier molecular flexibility index (Phi) is 7.27. The third kappa shape index (κ3) is 5.23. The molecule has 2 fully saturated rings. The highest BCUT2D eigenvalue weighted by atomic mass is 35.5. The fourth-order valence-corrected chi connectivity index (χ4v) is 3.35. The van der Waals surface area contributed by atoms with E-state index in [1.54, 1.807) is 0 Å². The van der Waals surface area contributed by atoms with Gasteiger partial charge in [0.05, 0.1) is 6.61 Å². The van der Waals surface area contributed by atoms with Crippen LogP contribution in [-0.4, -0.2) is 50.2 Å². The smallest absolute Gasteiger partial charge is 0.306 e. The molecule has 0 radical (unpaired) electrons. The summed E-state index contributed by atoms with van der Waals surface area (Å²) in [5.41, 5.74) is 0.452. The zero-order chi connectivity index (χ0) is 13.7. The number of hydrogen-bond acceptors (Lipinski definition) is 4. The van der Waals surface area contributed by atoms with Gasteiger partial charge in [0, 0.05) is 19.5 Å². The summed E-state index contributed by atoms with van der Waals surface area (Å²) in [7, 11) is 0. The number of rotatable bonds is 5. The molecule has 4 nitrogen and oxygen atoms in total. The Balaban J connectivity index is 0.00000200. The highest BCUT2D eigenvalue weighted by molar-refractivity contribution is 5.85. The first-order valence-electron chi connectivity index (χ1n) is 7.70. The van der Waals surface area contributed by atoms with E-state index in [-0.39, 0.29) is 18.4 Å². The van der Waals surface area contributed by atoms with Crippen LogP contribution in [0.25, 0.3) is 0 Å². The number of carbonyl (C=O) groups is 1. The fourth-order valence-electron chi connectivity index (χ4n) is 3.35. The van der Waals surface area contributed by atoms with Crippen LogP contribution in [0.3, 0.4) is 0 Å². The van der Waals surface area contributed by atoms with Crippen LogP contribution in [0.4, 0.5) is 0 Å². The molecule has 1 N–H and O–H groups in total. The van der Waals surface area contributed by atoms with Crippen LogP contribution in [0, 0.1) is 11.3 Å². The topological polar surface area (TPSA) is 41.6 Å². The van der Waals surface area contributed by atoms with Gasteiger partial charge in [0.15, 0.2) is 0 Å². The average molecular weight is 305 g/mol. The van der Waals surface area contributed by atoms with Crippen molar-refractivity contribution in [1.82, 2.24) is 10.2 Å². The molecule has 0 bridgehead atoms. The molecule has 0 aromatic carbocycles. The van der Waals surface area contributed by atoms with Gasteiger partial charge in [0.2, 0.25) is 0 Å². The number of nitrogens with zero attached hydrogens (tertiary/aromatic N) is 1. The number of piperidine rings is 1. The molecule has 2 rings (SSSR count). The van der Waals surface area contributed by atoms with Gasteiger partial charge in [-0.1, -0.05) is 6.92 Å². The minimum Gasteiger partial charge on any atom is -0.466 e. The quantitative estimate of drug-likeness (QED) is 0.790. The van der Waals surface area contributed by atoms with Crippen molar-refractivity contribution in [1.29, 1.82) is 0 Å². The van der Waals surface area contributed by atoms with Crippen molar-refractivity contribution in [3.05, 3.63) is 0 Å². The molecule has 2 heterocycles. The van der Waals surface area contributed by atoms with Crippen LogP contribution < -0.4 is 5.32 Å². The Labute approximate surface area is 129 Å². The van der Waals surface area contributed by atoms with Crippen molar-refractivity contribution in [3.63, 3.8) is 0 Å². The zero-order valence-electron chi connectivity index (χ0n) is 12.8. The van der Waals surface area contributed by atoms with Gasteiger partial charge in [0.1, 0.15) is 0 Å². The molecule has 2 aliphatic heterocycles. The van der Waals surface area contributed by atoms with Crippen LogP contribution in [0.15, 0.2) is 0 Å². The normalized spacial score (nSPS) is 28.1. The van der Waals surface area contributed by atoms with E-state index >= 15 is 0 Å². The standard InChI is InChI=1S/C15H28N2O2.ClH/c1-3-19-14(18)10-13-4-8-17(9-5-13)12-15(2)6-7-16-11-15;/h13,16H,3-12H2,1-2H3;1H. The SMILES string of the molecule is CCOC(=O)CC1CCN(CC2(C)CCNC2)CC1.Cl. The van der Waals surface area contributed by atoms with Crippen LogP contribution in [0.1, 0.15) is 39.5 Å². The molecule has 2 aliphatic rings. The molecule has 5 heteroatoms. The maximum Gasteiger partial charge on any atom is 0.306 e. The van der Waals surface area contributed by atoms with E-state index in [2.05, 4.69) is 17.1 Å². The lowest BCUT2D eigenvalue weighted by molar-refractivity contribution is -0.144. The maximum absolute atomic E-state index is 11.5. The zero-order valence-corrected chi connectivity index (χ0v) is 13.6. The molecular formula is C15H29ClN2O2. The Morgan fingerprint density at radius 3 is 2.65 bits per heavy atom. The van der Waals surface area contributed by atoms with E-state index < -0.39 is 0 Å². The summed E-state index contributed by atoms with van der Waals surface area (Å²) in [5.74, 6) is 0.512. The molecule has 20 heavy (non-hydrogen) atoms. The van der Waals surface area contributed by atoms with E-state index in [0.717, 1.165) is 39.0 Å². The molecule has 0 aliphatic carbocycles. The fraction of sp³-hybridized carbons (Fsp3) is 0.933. The summed E-state index contributed by atoms with van der Waals surface area (Å²) in [6.07, 6.45) is 4.18. The van der Waals surface area contributed by atoms with Gasteiger partial charge in [-0.25, -0.2) is 0 Å². The number of esters is 1. The van der Waals surface area contributed by atoms with E-state index in [1.807, 2.05) is 6.92 Å². The van der Waals surface area contributed by atoms with Gasteiger partial charge in [-0.05, 0) is 57.2 Å². The van der Waals surface area contributed by atoms with Crippen molar-refractivity contribution in [3.8, 4) is 0 Å². The van der Waals surface area contributed by atoms with Crippen LogP contribution in [0.5, 0.6) is 0 Å². The Morgan fingerprint density at radius 2 is 2.10 bits per heavy atom. The Bertz CT molecular complexity index is 298. The summed E-state index contributed by atoms with van der Waals surface area (Å²) in [6.45, 7) is 10.6. The van der Waals surface area contributed by atoms with Crippen LogP contribution in [0.2, 0.25) is 0 Å². The van der Waals surface area contributed by atoms with Gasteiger partial charge in [-0.15, -0.1) is 12.4 Å². The van der Waals surface area contributed by atoms with E-state index in [4.69, 9.17) is 4.74 Å². The van der Waals surface area contributed by atoms with Crippen LogP contribution >= 0.6 is 12.4 Å². The lowest BCUT2D eigenvalue weighted by Crippen LogP contribution is -2.42. The predicted molar refractivity (Wildman–Crippen MR) is 83.3 cm³/mol. The van der Waals surface area contributed by atoms with E-state index in [0.29, 0.717) is 24.4 Å². The molecule has 2 saturated heterocycles. The van der Waals surface area contributed by atoms with Crippen molar-refractivity contribution < 1.29 is 9.53 Å². The molecule has 0 aromatic rings. The highest BCUT2D eigenvalue weighted by Gasteiger charge is 2.32. The summed E-state index contributed by atoms with van der Waals surface area (Å²) < 4.78 is 5.03. The molecule has 0 saturated carbocycles. The van der Waals surface area contributed by atoms with Crippen molar-refractivity contribution in [2.75, 3.05) is 39.3 Å². The van der Waals surface area contributed by atoms with Crippen molar-refractivity contribution in [2.45, 2.75) is 39.5 Å². The Hall–Kier alpha value is -0.320. The molecule has 0 aromatic heterocycles. The first kappa shape index (κ1) is 17.7. The summed E-state index contributed by atoms with van der Waals surface area (Å²) in [5, 5.41) is 3.46. The van der Waals surface area contributed by atoms with Crippen LogP contribution in [-0.2, 0) is 9.53 Å². The molecular weight excluding hydrogens is 276 g/mol.